The summed E-state index contributed by atoms with van der Waals surface area (Å²) >= 11 is 0. The summed E-state index contributed by atoms with van der Waals surface area (Å²) in [5.41, 5.74) is 2.20. The molecule has 162 valence electrons. The molecule has 3 aromatic rings. The van der Waals surface area contributed by atoms with Crippen molar-refractivity contribution >= 4 is 28.5 Å². The minimum atomic E-state index is 0.618. The third-order valence-corrected chi connectivity index (χ3v) is 5.53. The average molecular weight is 418 g/mol. The Bertz CT molecular complexity index is 1020. The fourth-order valence-corrected chi connectivity index (χ4v) is 3.87. The first-order valence-electron chi connectivity index (χ1n) is 10.9. The van der Waals surface area contributed by atoms with Gasteiger partial charge in [-0.25, -0.2) is 15.0 Å². The first-order chi connectivity index (χ1) is 15.2. The molecular formula is C24H31N7. The quantitative estimate of drug-likeness (QED) is 0.509. The lowest BCUT2D eigenvalue weighted by Gasteiger charge is -2.37. The summed E-state index contributed by atoms with van der Waals surface area (Å²) < 4.78 is 0. The molecule has 7 nitrogen and oxygen atoms in total. The number of nitrogens with one attached hydrogen (secondary N) is 1. The van der Waals surface area contributed by atoms with Gasteiger partial charge in [-0.15, -0.1) is 0 Å². The molecule has 1 aliphatic heterocycles. The molecule has 7 heteroatoms. The number of piperazine rings is 1. The molecule has 1 aliphatic rings. The van der Waals surface area contributed by atoms with Gasteiger partial charge in [0.2, 0.25) is 0 Å². The number of hydrogen-bond donors (Lipinski definition) is 1. The van der Waals surface area contributed by atoms with Crippen molar-refractivity contribution in [3.63, 3.8) is 0 Å². The van der Waals surface area contributed by atoms with Crippen LogP contribution in [0.3, 0.4) is 0 Å². The number of anilines is 2. The van der Waals surface area contributed by atoms with Crippen LogP contribution in [0.15, 0.2) is 59.7 Å². The van der Waals surface area contributed by atoms with Crippen LogP contribution < -0.4 is 15.1 Å². The molecule has 31 heavy (non-hydrogen) atoms. The summed E-state index contributed by atoms with van der Waals surface area (Å²) in [5, 5.41) is 4.64. The molecule has 0 unspecified atom stereocenters. The molecule has 1 aromatic carbocycles. The van der Waals surface area contributed by atoms with Crippen molar-refractivity contribution in [2.24, 2.45) is 4.99 Å². The number of guanidine groups is 1. The zero-order valence-electron chi connectivity index (χ0n) is 18.6. The van der Waals surface area contributed by atoms with Crippen LogP contribution in [0.4, 0.5) is 11.6 Å². The van der Waals surface area contributed by atoms with Gasteiger partial charge in [-0.05, 0) is 36.8 Å². The summed E-state index contributed by atoms with van der Waals surface area (Å²) in [4.78, 5) is 21.0. The van der Waals surface area contributed by atoms with Crippen molar-refractivity contribution in [1.82, 2.24) is 20.2 Å². The lowest BCUT2D eigenvalue weighted by Crippen LogP contribution is -2.52. The Labute approximate surface area is 184 Å². The van der Waals surface area contributed by atoms with E-state index in [1.54, 1.807) is 0 Å². The third-order valence-electron chi connectivity index (χ3n) is 5.53. The summed E-state index contributed by atoms with van der Waals surface area (Å²) in [7, 11) is 4.05. The van der Waals surface area contributed by atoms with E-state index in [0.717, 1.165) is 61.2 Å². The molecule has 4 rings (SSSR count). The number of aliphatic imine (C=N–C) groups is 1. The summed E-state index contributed by atoms with van der Waals surface area (Å²) in [6.07, 6.45) is 1.86. The molecule has 0 aliphatic carbocycles. The fourth-order valence-electron chi connectivity index (χ4n) is 3.87. The normalized spacial score (nSPS) is 14.7. The third kappa shape index (κ3) is 4.87. The average Bonchev–Trinajstić information content (AvgIpc) is 2.82. The van der Waals surface area contributed by atoms with Crippen LogP contribution in [0.5, 0.6) is 0 Å². The van der Waals surface area contributed by atoms with Crippen LogP contribution in [0.2, 0.25) is 0 Å². The van der Waals surface area contributed by atoms with E-state index in [1.807, 2.05) is 43.4 Å². The first kappa shape index (κ1) is 20.9. The fraction of sp³-hybridized carbons (Fsp3) is 0.375. The second-order valence-corrected chi connectivity index (χ2v) is 7.88. The van der Waals surface area contributed by atoms with Crippen LogP contribution in [-0.2, 0) is 6.54 Å². The number of fused-ring (bicyclic) bond motifs is 1. The zero-order valence-corrected chi connectivity index (χ0v) is 18.6. The van der Waals surface area contributed by atoms with E-state index in [-0.39, 0.29) is 0 Å². The van der Waals surface area contributed by atoms with E-state index in [2.05, 4.69) is 57.4 Å². The van der Waals surface area contributed by atoms with E-state index >= 15 is 0 Å². The second kappa shape index (κ2) is 9.64. The van der Waals surface area contributed by atoms with E-state index in [0.29, 0.717) is 6.54 Å². The highest BCUT2D eigenvalue weighted by Crippen LogP contribution is 2.23. The number of aromatic nitrogens is 2. The van der Waals surface area contributed by atoms with Crippen LogP contribution in [0.1, 0.15) is 12.5 Å². The molecule has 0 saturated carbocycles. The number of para-hydroxylation sites is 1. The van der Waals surface area contributed by atoms with Gasteiger partial charge in [0.1, 0.15) is 11.6 Å². The first-order valence-corrected chi connectivity index (χ1v) is 10.9. The minimum absolute atomic E-state index is 0.618. The Morgan fingerprint density at radius 2 is 1.84 bits per heavy atom. The van der Waals surface area contributed by atoms with Gasteiger partial charge in [0.15, 0.2) is 5.96 Å². The molecule has 0 atom stereocenters. The standard InChI is InChI=1S/C24H31N7/c1-4-25-24(31-15-13-30(14-16-31)22-11-7-8-12-26-22)27-18-19-17-23(29(2)3)28-21-10-6-5-9-20(19)21/h5-12,17H,4,13-16,18H2,1-3H3,(H,25,27). The highest BCUT2D eigenvalue weighted by atomic mass is 15.4. The van der Waals surface area contributed by atoms with Crippen molar-refractivity contribution in [1.29, 1.82) is 0 Å². The van der Waals surface area contributed by atoms with E-state index in [4.69, 9.17) is 9.98 Å². The number of rotatable bonds is 5. The van der Waals surface area contributed by atoms with E-state index in [1.165, 1.54) is 5.56 Å². The lowest BCUT2D eigenvalue weighted by molar-refractivity contribution is 0.371. The van der Waals surface area contributed by atoms with Crippen LogP contribution in [-0.4, -0.2) is 67.6 Å². The lowest BCUT2D eigenvalue weighted by atomic mass is 10.1. The maximum absolute atomic E-state index is 5.01. The molecule has 0 radical (unpaired) electrons. The predicted molar refractivity (Wildman–Crippen MR) is 129 cm³/mol. The Morgan fingerprint density at radius 3 is 2.55 bits per heavy atom. The Kier molecular flexibility index (Phi) is 6.50. The maximum atomic E-state index is 5.01. The topological polar surface area (TPSA) is 59.9 Å². The molecule has 1 N–H and O–H groups in total. The summed E-state index contributed by atoms with van der Waals surface area (Å²) in [6, 6.07) is 16.5. The zero-order chi connectivity index (χ0) is 21.6. The van der Waals surface area contributed by atoms with Gasteiger partial charge in [-0.2, -0.15) is 0 Å². The maximum Gasteiger partial charge on any atom is 0.194 e. The SMILES string of the molecule is CCNC(=NCc1cc(N(C)C)nc2ccccc12)N1CCN(c2ccccn2)CC1. The monoisotopic (exact) mass is 417 g/mol. The van der Waals surface area contributed by atoms with Gasteiger partial charge in [0.25, 0.3) is 0 Å². The van der Waals surface area contributed by atoms with Crippen molar-refractivity contribution in [3.05, 3.63) is 60.3 Å². The smallest absolute Gasteiger partial charge is 0.194 e. The molecule has 1 saturated heterocycles. The van der Waals surface area contributed by atoms with Gasteiger partial charge >= 0.3 is 0 Å². The number of hydrogen-bond acceptors (Lipinski definition) is 5. The number of benzene rings is 1. The predicted octanol–water partition coefficient (Wildman–Crippen LogP) is 2.98. The van der Waals surface area contributed by atoms with Crippen LogP contribution >= 0.6 is 0 Å². The highest BCUT2D eigenvalue weighted by molar-refractivity contribution is 5.85. The van der Waals surface area contributed by atoms with Crippen LogP contribution in [0, 0.1) is 0 Å². The van der Waals surface area contributed by atoms with Gasteiger partial charge in [0, 0.05) is 58.4 Å². The number of pyridine rings is 2. The Balaban J connectivity index is 1.52. The van der Waals surface area contributed by atoms with Gasteiger partial charge in [-0.1, -0.05) is 24.3 Å². The largest absolute Gasteiger partial charge is 0.363 e. The van der Waals surface area contributed by atoms with Crippen molar-refractivity contribution in [2.45, 2.75) is 13.5 Å². The van der Waals surface area contributed by atoms with Gasteiger partial charge < -0.3 is 20.0 Å². The second-order valence-electron chi connectivity index (χ2n) is 7.88. The molecule has 0 spiro atoms. The van der Waals surface area contributed by atoms with Gasteiger partial charge in [0.05, 0.1) is 12.1 Å². The van der Waals surface area contributed by atoms with E-state index < -0.39 is 0 Å². The van der Waals surface area contributed by atoms with Gasteiger partial charge in [-0.3, -0.25) is 0 Å². The number of nitrogens with zero attached hydrogens (tertiary/aromatic N) is 6. The van der Waals surface area contributed by atoms with Crippen LogP contribution in [0.25, 0.3) is 10.9 Å². The molecule has 1 fully saturated rings. The Morgan fingerprint density at radius 1 is 1.06 bits per heavy atom. The van der Waals surface area contributed by atoms with Crippen molar-refractivity contribution < 1.29 is 0 Å². The molecular weight excluding hydrogens is 386 g/mol. The summed E-state index contributed by atoms with van der Waals surface area (Å²) in [6.45, 7) is 7.29. The minimum Gasteiger partial charge on any atom is -0.363 e. The Hall–Kier alpha value is -3.35. The van der Waals surface area contributed by atoms with E-state index in [9.17, 15) is 0 Å². The molecule has 0 amide bonds. The molecule has 0 bridgehead atoms. The molecule has 2 aromatic heterocycles. The highest BCUT2D eigenvalue weighted by Gasteiger charge is 2.20. The van der Waals surface area contributed by atoms with Crippen molar-refractivity contribution in [2.75, 3.05) is 56.6 Å². The molecule has 3 heterocycles. The van der Waals surface area contributed by atoms with Crippen molar-refractivity contribution in [3.8, 4) is 0 Å². The summed E-state index contributed by atoms with van der Waals surface area (Å²) in [5.74, 6) is 2.97.